The molecule has 0 N–H and O–H groups in total. The van der Waals surface area contributed by atoms with Gasteiger partial charge in [-0.1, -0.05) is 24.6 Å². The Labute approximate surface area is 197 Å². The van der Waals surface area contributed by atoms with Crippen LogP contribution < -0.4 is 0 Å². The highest BCUT2D eigenvalue weighted by Crippen LogP contribution is 2.38. The van der Waals surface area contributed by atoms with Crippen molar-refractivity contribution in [3.05, 3.63) is 64.8 Å². The number of carbonyl (C=O) groups is 1. The van der Waals surface area contributed by atoms with E-state index >= 15 is 0 Å². The highest BCUT2D eigenvalue weighted by Gasteiger charge is 2.19. The van der Waals surface area contributed by atoms with Gasteiger partial charge in [0.05, 0.1) is 0 Å². The number of hydrogen-bond donors (Lipinski definition) is 0. The molecule has 1 amide bonds. The summed E-state index contributed by atoms with van der Waals surface area (Å²) < 4.78 is 2.21. The Morgan fingerprint density at radius 1 is 1.09 bits per heavy atom. The molecule has 4 nitrogen and oxygen atoms in total. The molecule has 3 aromatic heterocycles. The van der Waals surface area contributed by atoms with Crippen molar-refractivity contribution in [2.75, 3.05) is 13.1 Å². The molecular formula is C26H26ClN3OS. The van der Waals surface area contributed by atoms with Crippen LogP contribution in [0.2, 0.25) is 5.02 Å². The van der Waals surface area contributed by atoms with Gasteiger partial charge in [-0.3, -0.25) is 4.79 Å². The first-order chi connectivity index (χ1) is 15.7. The fourth-order valence-corrected chi connectivity index (χ4v) is 5.75. The number of rotatable bonds is 5. The first-order valence-corrected chi connectivity index (χ1v) is 12.5. The Hall–Kier alpha value is -2.63. The maximum absolute atomic E-state index is 12.8. The van der Waals surface area contributed by atoms with Crippen LogP contribution in [0.15, 0.2) is 54.2 Å². The summed E-state index contributed by atoms with van der Waals surface area (Å²) >= 11 is 8.36. The summed E-state index contributed by atoms with van der Waals surface area (Å²) in [7, 11) is 0. The van der Waals surface area contributed by atoms with E-state index in [1.54, 1.807) is 11.3 Å². The van der Waals surface area contributed by atoms with Crippen LogP contribution in [0.5, 0.6) is 0 Å². The Kier molecular flexibility index (Phi) is 6.03. The monoisotopic (exact) mass is 463 g/mol. The summed E-state index contributed by atoms with van der Waals surface area (Å²) in [4.78, 5) is 20.6. The van der Waals surface area contributed by atoms with E-state index in [2.05, 4.69) is 46.3 Å². The minimum atomic E-state index is 0.0833. The number of benzene rings is 1. The minimum Gasteiger partial charge on any atom is -0.339 e. The van der Waals surface area contributed by atoms with E-state index in [4.69, 9.17) is 11.6 Å². The van der Waals surface area contributed by atoms with Gasteiger partial charge in [0.25, 0.3) is 5.91 Å². The predicted octanol–water partition coefficient (Wildman–Crippen LogP) is 7.12. The molecule has 1 aliphatic rings. The lowest BCUT2D eigenvalue weighted by molar-refractivity contribution is 0.0724. The highest BCUT2D eigenvalue weighted by atomic mass is 35.5. The highest BCUT2D eigenvalue weighted by molar-refractivity contribution is 7.14. The number of aryl methyl sites for hydroxylation is 1. The van der Waals surface area contributed by atoms with Crippen molar-refractivity contribution in [3.8, 4) is 21.6 Å². The maximum Gasteiger partial charge on any atom is 0.253 e. The first-order valence-electron chi connectivity index (χ1n) is 11.3. The molecule has 164 valence electrons. The molecule has 0 saturated carbocycles. The summed E-state index contributed by atoms with van der Waals surface area (Å²) in [5.74, 6) is 0.0833. The molecule has 6 heteroatoms. The van der Waals surface area contributed by atoms with Crippen molar-refractivity contribution in [2.45, 2.75) is 39.2 Å². The molecule has 0 radical (unpaired) electrons. The Balaban J connectivity index is 1.44. The number of piperidine rings is 1. The summed E-state index contributed by atoms with van der Waals surface area (Å²) in [5, 5.41) is 3.92. The zero-order valence-electron chi connectivity index (χ0n) is 18.2. The molecule has 0 spiro atoms. The van der Waals surface area contributed by atoms with Crippen molar-refractivity contribution < 1.29 is 4.79 Å². The zero-order chi connectivity index (χ0) is 22.1. The lowest BCUT2D eigenvalue weighted by atomic mass is 10.0. The molecule has 0 unspecified atom stereocenters. The van der Waals surface area contributed by atoms with Crippen molar-refractivity contribution in [2.24, 2.45) is 0 Å². The SMILES string of the molecule is CCCn1ccc2c(-c3cc(-c4ccc(C(=O)N5CCCCC5)cc4Cl)cs3)ccnc21. The molecule has 4 aromatic rings. The van der Waals surface area contributed by atoms with Crippen LogP contribution in [0.3, 0.4) is 0 Å². The van der Waals surface area contributed by atoms with Crippen LogP contribution in [0.4, 0.5) is 0 Å². The third-order valence-corrected chi connectivity index (χ3v) is 7.44. The van der Waals surface area contributed by atoms with Crippen LogP contribution >= 0.6 is 22.9 Å². The van der Waals surface area contributed by atoms with Gasteiger partial charge < -0.3 is 9.47 Å². The number of fused-ring (bicyclic) bond motifs is 1. The van der Waals surface area contributed by atoms with Gasteiger partial charge in [-0.05, 0) is 67.0 Å². The van der Waals surface area contributed by atoms with Gasteiger partial charge in [-0.2, -0.15) is 0 Å². The number of thiophene rings is 1. The molecule has 0 bridgehead atoms. The maximum atomic E-state index is 12.8. The van der Waals surface area contributed by atoms with Gasteiger partial charge in [0, 0.05) is 64.0 Å². The van der Waals surface area contributed by atoms with E-state index in [0.717, 1.165) is 55.7 Å². The number of aromatic nitrogens is 2. The summed E-state index contributed by atoms with van der Waals surface area (Å²) in [5.41, 5.74) is 4.92. The number of hydrogen-bond acceptors (Lipinski definition) is 3. The van der Waals surface area contributed by atoms with E-state index in [9.17, 15) is 4.79 Å². The van der Waals surface area contributed by atoms with Gasteiger partial charge in [0.15, 0.2) is 0 Å². The zero-order valence-corrected chi connectivity index (χ0v) is 19.8. The number of nitrogens with zero attached hydrogens (tertiary/aromatic N) is 3. The number of carbonyl (C=O) groups excluding carboxylic acids is 1. The fourth-order valence-electron chi connectivity index (χ4n) is 4.51. The Bertz CT molecular complexity index is 1270. The van der Waals surface area contributed by atoms with Gasteiger partial charge in [-0.15, -0.1) is 11.3 Å². The van der Waals surface area contributed by atoms with Gasteiger partial charge in [-0.25, -0.2) is 4.98 Å². The largest absolute Gasteiger partial charge is 0.339 e. The number of pyridine rings is 1. The van der Waals surface area contributed by atoms with Gasteiger partial charge in [0.2, 0.25) is 0 Å². The molecule has 32 heavy (non-hydrogen) atoms. The van der Waals surface area contributed by atoms with Crippen molar-refractivity contribution in [1.29, 1.82) is 0 Å². The number of likely N-dealkylation sites (tertiary alicyclic amines) is 1. The lowest BCUT2D eigenvalue weighted by Gasteiger charge is -2.26. The minimum absolute atomic E-state index is 0.0833. The summed E-state index contributed by atoms with van der Waals surface area (Å²) in [6.07, 6.45) is 8.45. The second-order valence-electron chi connectivity index (χ2n) is 8.35. The van der Waals surface area contributed by atoms with E-state index in [1.807, 2.05) is 29.3 Å². The van der Waals surface area contributed by atoms with Crippen LogP contribution in [0.25, 0.3) is 32.6 Å². The first kappa shape index (κ1) is 21.2. The molecule has 5 rings (SSSR count). The molecular weight excluding hydrogens is 438 g/mol. The smallest absolute Gasteiger partial charge is 0.253 e. The average Bonchev–Trinajstić information content (AvgIpc) is 3.47. The molecule has 1 aliphatic heterocycles. The molecule has 1 saturated heterocycles. The molecule has 0 atom stereocenters. The number of halogens is 1. The van der Waals surface area contributed by atoms with Crippen molar-refractivity contribution in [3.63, 3.8) is 0 Å². The van der Waals surface area contributed by atoms with Crippen molar-refractivity contribution >= 4 is 39.9 Å². The lowest BCUT2D eigenvalue weighted by Crippen LogP contribution is -2.35. The predicted molar refractivity (Wildman–Crippen MR) is 134 cm³/mol. The fraction of sp³-hybridized carbons (Fsp3) is 0.308. The molecule has 4 heterocycles. The van der Waals surface area contributed by atoms with E-state index in [1.165, 1.54) is 22.2 Å². The Morgan fingerprint density at radius 2 is 1.94 bits per heavy atom. The van der Waals surface area contributed by atoms with Crippen LogP contribution in [-0.2, 0) is 6.54 Å². The third-order valence-electron chi connectivity index (χ3n) is 6.16. The standard InChI is InChI=1S/C26H26ClN3OS/c1-2-11-29-14-9-22-21(8-10-28-25(22)29)24-16-19(17-32-24)20-7-6-18(15-23(20)27)26(31)30-12-4-3-5-13-30/h6-10,14-17H,2-5,11-13H2,1H3. The van der Waals surface area contributed by atoms with Crippen molar-refractivity contribution in [1.82, 2.24) is 14.5 Å². The van der Waals surface area contributed by atoms with E-state index in [0.29, 0.717) is 10.6 Å². The van der Waals surface area contributed by atoms with Crippen LogP contribution in [-0.4, -0.2) is 33.4 Å². The molecule has 1 fully saturated rings. The second-order valence-corrected chi connectivity index (χ2v) is 9.67. The second kappa shape index (κ2) is 9.08. The van der Waals surface area contributed by atoms with E-state index < -0.39 is 0 Å². The third kappa shape index (κ3) is 3.96. The van der Waals surface area contributed by atoms with Gasteiger partial charge >= 0.3 is 0 Å². The topological polar surface area (TPSA) is 38.1 Å². The average molecular weight is 464 g/mol. The van der Waals surface area contributed by atoms with Gasteiger partial charge in [0.1, 0.15) is 5.65 Å². The number of amides is 1. The quantitative estimate of drug-likeness (QED) is 0.316. The molecule has 1 aromatic carbocycles. The Morgan fingerprint density at radius 3 is 2.72 bits per heavy atom. The summed E-state index contributed by atoms with van der Waals surface area (Å²) in [6.45, 7) is 4.82. The summed E-state index contributed by atoms with van der Waals surface area (Å²) in [6, 6.07) is 12.1. The van der Waals surface area contributed by atoms with E-state index in [-0.39, 0.29) is 5.91 Å². The molecule has 0 aliphatic carbocycles. The van der Waals surface area contributed by atoms with Crippen LogP contribution in [0.1, 0.15) is 43.0 Å². The normalized spacial score (nSPS) is 14.2. The van der Waals surface area contributed by atoms with Crippen LogP contribution in [0, 0.1) is 0 Å².